The molecular formula is C20H25ClFN3O3. The molecule has 8 heteroatoms. The number of rotatable bonds is 7. The molecule has 2 aromatic rings. The normalized spacial score (nSPS) is 15.4. The highest BCUT2D eigenvalue weighted by Crippen LogP contribution is 2.20. The van der Waals surface area contributed by atoms with Gasteiger partial charge in [0.05, 0.1) is 18.3 Å². The van der Waals surface area contributed by atoms with Gasteiger partial charge in [-0.3, -0.25) is 4.79 Å². The Labute approximate surface area is 169 Å². The highest BCUT2D eigenvalue weighted by Gasteiger charge is 2.26. The van der Waals surface area contributed by atoms with Crippen molar-refractivity contribution in [2.75, 3.05) is 19.7 Å². The van der Waals surface area contributed by atoms with Crippen LogP contribution in [-0.2, 0) is 17.6 Å². The van der Waals surface area contributed by atoms with Crippen LogP contribution in [0.5, 0.6) is 0 Å². The van der Waals surface area contributed by atoms with E-state index in [9.17, 15) is 9.18 Å². The summed E-state index contributed by atoms with van der Waals surface area (Å²) in [5.74, 6) is 0.898. The smallest absolute Gasteiger partial charge is 0.256 e. The molecule has 1 saturated heterocycles. The Morgan fingerprint density at radius 2 is 2.14 bits per heavy atom. The number of aromatic nitrogens is 2. The molecule has 3 rings (SSSR count). The van der Waals surface area contributed by atoms with Crippen LogP contribution in [0.15, 0.2) is 22.7 Å². The Hall–Kier alpha value is -1.99. The van der Waals surface area contributed by atoms with Gasteiger partial charge in [0.25, 0.3) is 5.91 Å². The van der Waals surface area contributed by atoms with Crippen molar-refractivity contribution in [2.45, 2.75) is 45.6 Å². The number of amides is 1. The van der Waals surface area contributed by atoms with Crippen molar-refractivity contribution in [1.82, 2.24) is 15.0 Å². The quantitative estimate of drug-likeness (QED) is 0.693. The van der Waals surface area contributed by atoms with Crippen molar-refractivity contribution in [2.24, 2.45) is 5.92 Å². The monoisotopic (exact) mass is 409 g/mol. The van der Waals surface area contributed by atoms with Crippen LogP contribution in [0, 0.1) is 11.7 Å². The zero-order valence-corrected chi connectivity index (χ0v) is 16.9. The van der Waals surface area contributed by atoms with Crippen molar-refractivity contribution in [1.29, 1.82) is 0 Å². The Morgan fingerprint density at radius 3 is 2.86 bits per heavy atom. The van der Waals surface area contributed by atoms with Crippen LogP contribution < -0.4 is 0 Å². The number of nitrogens with zero attached hydrogens (tertiary/aromatic N) is 3. The summed E-state index contributed by atoms with van der Waals surface area (Å²) < 4.78 is 25.0. The molecule has 0 spiro atoms. The van der Waals surface area contributed by atoms with Crippen molar-refractivity contribution in [3.63, 3.8) is 0 Å². The van der Waals surface area contributed by atoms with Gasteiger partial charge in [0.2, 0.25) is 5.89 Å². The lowest BCUT2D eigenvalue weighted by Gasteiger charge is -2.32. The number of piperidine rings is 1. The number of likely N-dealkylation sites (tertiary alicyclic amines) is 1. The summed E-state index contributed by atoms with van der Waals surface area (Å²) in [6.45, 7) is 5.75. The Bertz CT molecular complexity index is 804. The van der Waals surface area contributed by atoms with Crippen LogP contribution in [0.3, 0.4) is 0 Å². The first-order valence-corrected chi connectivity index (χ1v) is 9.97. The lowest BCUT2D eigenvalue weighted by atomic mass is 10.1. The van der Waals surface area contributed by atoms with Crippen molar-refractivity contribution in [3.05, 3.63) is 46.3 Å². The van der Waals surface area contributed by atoms with Gasteiger partial charge in [0.1, 0.15) is 5.82 Å². The van der Waals surface area contributed by atoms with Gasteiger partial charge in [-0.05, 0) is 37.0 Å². The van der Waals surface area contributed by atoms with E-state index in [4.69, 9.17) is 20.9 Å². The molecule has 6 nitrogen and oxygen atoms in total. The standard InChI is InChI=1S/C20H25ClFN3O3/c1-13(2)11-19-23-18(24-28-19)7-10-27-15-5-8-25(9-6-15)20(26)16-12-14(21)3-4-17(16)22/h3-4,12-13,15H,5-11H2,1-2H3. The minimum atomic E-state index is -0.551. The molecule has 0 aliphatic carbocycles. The van der Waals surface area contributed by atoms with Crippen LogP contribution in [0.4, 0.5) is 4.39 Å². The Morgan fingerprint density at radius 1 is 1.39 bits per heavy atom. The summed E-state index contributed by atoms with van der Waals surface area (Å²) in [5.41, 5.74) is 0.0150. The zero-order valence-electron chi connectivity index (χ0n) is 16.2. The second-order valence-corrected chi connectivity index (χ2v) is 7.88. The fraction of sp³-hybridized carbons (Fsp3) is 0.550. The Kier molecular flexibility index (Phi) is 7.02. The van der Waals surface area contributed by atoms with E-state index in [-0.39, 0.29) is 17.6 Å². The minimum Gasteiger partial charge on any atom is -0.378 e. The summed E-state index contributed by atoms with van der Waals surface area (Å²) in [6, 6.07) is 4.03. The van der Waals surface area contributed by atoms with Gasteiger partial charge in [0, 0.05) is 31.0 Å². The second-order valence-electron chi connectivity index (χ2n) is 7.44. The van der Waals surface area contributed by atoms with Crippen LogP contribution in [0.25, 0.3) is 0 Å². The first-order valence-electron chi connectivity index (χ1n) is 9.59. The van der Waals surface area contributed by atoms with Crippen molar-refractivity contribution < 1.29 is 18.4 Å². The maximum absolute atomic E-state index is 13.9. The van der Waals surface area contributed by atoms with Gasteiger partial charge in [-0.15, -0.1) is 0 Å². The van der Waals surface area contributed by atoms with Crippen LogP contribution in [-0.4, -0.2) is 46.7 Å². The highest BCUT2D eigenvalue weighted by atomic mass is 35.5. The third-order valence-electron chi connectivity index (χ3n) is 4.66. The van der Waals surface area contributed by atoms with Gasteiger partial charge in [-0.1, -0.05) is 30.6 Å². The zero-order chi connectivity index (χ0) is 20.1. The molecule has 0 atom stereocenters. The largest absolute Gasteiger partial charge is 0.378 e. The number of ether oxygens (including phenoxy) is 1. The average molecular weight is 410 g/mol. The predicted molar refractivity (Wildman–Crippen MR) is 103 cm³/mol. The fourth-order valence-electron chi connectivity index (χ4n) is 3.20. The SMILES string of the molecule is CC(C)Cc1nc(CCOC2CCN(C(=O)c3cc(Cl)ccc3F)CC2)no1. The molecule has 28 heavy (non-hydrogen) atoms. The average Bonchev–Trinajstić information content (AvgIpc) is 3.10. The van der Waals surface area contributed by atoms with Gasteiger partial charge in [-0.25, -0.2) is 4.39 Å². The summed E-state index contributed by atoms with van der Waals surface area (Å²) in [6.07, 6.45) is 2.84. The Balaban J connectivity index is 1.42. The van der Waals surface area contributed by atoms with Gasteiger partial charge in [0.15, 0.2) is 5.82 Å². The van der Waals surface area contributed by atoms with E-state index in [1.807, 2.05) is 0 Å². The molecule has 0 N–H and O–H groups in total. The van der Waals surface area contributed by atoms with Crippen molar-refractivity contribution >= 4 is 17.5 Å². The van der Waals surface area contributed by atoms with Crippen LogP contribution in [0.1, 0.15) is 48.8 Å². The molecule has 1 amide bonds. The molecule has 0 saturated carbocycles. The van der Waals surface area contributed by atoms with E-state index in [2.05, 4.69) is 24.0 Å². The lowest BCUT2D eigenvalue weighted by Crippen LogP contribution is -2.41. The summed E-state index contributed by atoms with van der Waals surface area (Å²) in [7, 11) is 0. The maximum atomic E-state index is 13.9. The molecule has 1 aliphatic heterocycles. The highest BCUT2D eigenvalue weighted by molar-refractivity contribution is 6.31. The van der Waals surface area contributed by atoms with Gasteiger partial charge in [-0.2, -0.15) is 4.98 Å². The molecule has 1 fully saturated rings. The molecule has 0 bridgehead atoms. The van der Waals surface area contributed by atoms with Crippen LogP contribution >= 0.6 is 11.6 Å². The summed E-state index contributed by atoms with van der Waals surface area (Å²) in [5, 5.41) is 4.32. The fourth-order valence-corrected chi connectivity index (χ4v) is 3.37. The van der Waals surface area contributed by atoms with E-state index in [1.165, 1.54) is 18.2 Å². The van der Waals surface area contributed by atoms with Gasteiger partial charge >= 0.3 is 0 Å². The van der Waals surface area contributed by atoms with E-state index >= 15 is 0 Å². The number of hydrogen-bond acceptors (Lipinski definition) is 5. The number of carbonyl (C=O) groups excluding carboxylic acids is 1. The van der Waals surface area contributed by atoms with E-state index < -0.39 is 5.82 Å². The first-order chi connectivity index (χ1) is 13.4. The lowest BCUT2D eigenvalue weighted by molar-refractivity contribution is 0.00936. The summed E-state index contributed by atoms with van der Waals surface area (Å²) in [4.78, 5) is 18.5. The van der Waals surface area contributed by atoms with Crippen molar-refractivity contribution in [3.8, 4) is 0 Å². The molecule has 2 heterocycles. The van der Waals surface area contributed by atoms with E-state index in [1.54, 1.807) is 4.90 Å². The second kappa shape index (κ2) is 9.47. The number of hydrogen-bond donors (Lipinski definition) is 0. The number of carbonyl (C=O) groups is 1. The minimum absolute atomic E-state index is 0.0150. The summed E-state index contributed by atoms with van der Waals surface area (Å²) >= 11 is 5.88. The third-order valence-corrected chi connectivity index (χ3v) is 4.90. The molecule has 0 unspecified atom stereocenters. The number of benzene rings is 1. The molecular weight excluding hydrogens is 385 g/mol. The number of halogens is 2. The molecule has 0 radical (unpaired) electrons. The van der Waals surface area contributed by atoms with E-state index in [0.29, 0.717) is 61.6 Å². The topological polar surface area (TPSA) is 68.5 Å². The first kappa shape index (κ1) is 20.7. The molecule has 1 aromatic carbocycles. The van der Waals surface area contributed by atoms with E-state index in [0.717, 1.165) is 6.42 Å². The predicted octanol–water partition coefficient (Wildman–Crippen LogP) is 3.92. The molecule has 1 aliphatic rings. The third kappa shape index (κ3) is 5.52. The molecule has 1 aromatic heterocycles. The van der Waals surface area contributed by atoms with Crippen LogP contribution in [0.2, 0.25) is 5.02 Å². The maximum Gasteiger partial charge on any atom is 0.256 e. The molecule has 152 valence electrons. The van der Waals surface area contributed by atoms with Gasteiger partial charge < -0.3 is 14.2 Å².